The molecule has 12 heteroatoms. The molecule has 36 heavy (non-hydrogen) atoms. The van der Waals surface area contributed by atoms with Gasteiger partial charge in [-0.2, -0.15) is 9.78 Å². The number of carboxylic acids is 1. The lowest BCUT2D eigenvalue weighted by Crippen LogP contribution is -2.35. The van der Waals surface area contributed by atoms with Crippen molar-refractivity contribution in [2.75, 3.05) is 26.3 Å². The van der Waals surface area contributed by atoms with Crippen LogP contribution in [0.2, 0.25) is 0 Å². The zero-order valence-electron chi connectivity index (χ0n) is 19.8. The van der Waals surface area contributed by atoms with E-state index in [4.69, 9.17) is 10.5 Å². The smallest absolute Gasteiger partial charge is 0.341 e. The average Bonchev–Trinajstić information content (AvgIpc) is 3.43. The SMILES string of the molecule is Cc1cc(C)n(-c2cc(-c3nc4ccc(CN5CCOCC5)cc4[nH]3)nn2C(N)=O)c(=O)c1C(=O)O. The maximum Gasteiger partial charge on any atom is 0.341 e. The van der Waals surface area contributed by atoms with Crippen molar-refractivity contribution in [3.63, 3.8) is 0 Å². The number of carbonyl (C=O) groups excluding carboxylic acids is 1. The summed E-state index contributed by atoms with van der Waals surface area (Å²) in [5.74, 6) is -0.955. The van der Waals surface area contributed by atoms with Gasteiger partial charge in [0.05, 0.1) is 24.2 Å². The molecule has 1 saturated heterocycles. The standard InChI is InChI=1S/C24H25N7O5/c1-13-9-14(2)30(22(32)20(13)23(33)34)19-11-18(28-31(19)24(25)35)21-26-16-4-3-15(10-17(16)27-21)12-29-5-7-36-8-6-29/h3-4,9-11H,5-8,12H2,1-2H3,(H2,25,35)(H,26,27)(H,33,34). The van der Waals surface area contributed by atoms with Crippen LogP contribution in [0, 0.1) is 13.8 Å². The number of aryl methyl sites for hydroxylation is 2. The number of aromatic carboxylic acids is 1. The number of ether oxygens (including phenoxy) is 1. The Kier molecular flexibility index (Phi) is 5.90. The Morgan fingerprint density at radius 1 is 1.17 bits per heavy atom. The highest BCUT2D eigenvalue weighted by atomic mass is 16.5. The van der Waals surface area contributed by atoms with E-state index >= 15 is 0 Å². The molecule has 5 rings (SSSR count). The summed E-state index contributed by atoms with van der Waals surface area (Å²) >= 11 is 0. The minimum absolute atomic E-state index is 0.0240. The Bertz CT molecular complexity index is 1560. The van der Waals surface area contributed by atoms with Crippen molar-refractivity contribution in [2.24, 2.45) is 5.73 Å². The Morgan fingerprint density at radius 3 is 2.61 bits per heavy atom. The lowest BCUT2D eigenvalue weighted by atomic mass is 10.1. The number of aromatic amines is 1. The maximum atomic E-state index is 13.1. The fourth-order valence-electron chi connectivity index (χ4n) is 4.54. The van der Waals surface area contributed by atoms with Gasteiger partial charge in [0.1, 0.15) is 17.1 Å². The second-order valence-corrected chi connectivity index (χ2v) is 8.75. The lowest BCUT2D eigenvalue weighted by molar-refractivity contribution is 0.0342. The molecular formula is C24H25N7O5. The van der Waals surface area contributed by atoms with Crippen LogP contribution in [-0.2, 0) is 11.3 Å². The average molecular weight is 492 g/mol. The summed E-state index contributed by atoms with van der Waals surface area (Å²) in [5, 5.41) is 13.8. The minimum Gasteiger partial charge on any atom is -0.477 e. The van der Waals surface area contributed by atoms with Crippen LogP contribution in [0.4, 0.5) is 4.79 Å². The molecule has 12 nitrogen and oxygen atoms in total. The number of H-pyrrole nitrogens is 1. The van der Waals surface area contributed by atoms with Crippen molar-refractivity contribution in [2.45, 2.75) is 20.4 Å². The molecule has 0 spiro atoms. The predicted octanol–water partition coefficient (Wildman–Crippen LogP) is 1.65. The lowest BCUT2D eigenvalue weighted by Gasteiger charge is -2.26. The normalized spacial score (nSPS) is 14.4. The van der Waals surface area contributed by atoms with E-state index in [1.165, 1.54) is 6.07 Å². The summed E-state index contributed by atoms with van der Waals surface area (Å²) in [6.07, 6.45) is 0. The number of primary amides is 1. The summed E-state index contributed by atoms with van der Waals surface area (Å²) in [6, 6.07) is 8.04. The quantitative estimate of drug-likeness (QED) is 0.380. The summed E-state index contributed by atoms with van der Waals surface area (Å²) in [6.45, 7) is 7.16. The number of pyridine rings is 1. The third-order valence-corrected chi connectivity index (χ3v) is 6.23. The molecule has 0 radical (unpaired) electrons. The fraction of sp³-hybridized carbons (Fsp3) is 0.292. The van der Waals surface area contributed by atoms with E-state index in [0.717, 1.165) is 53.2 Å². The molecule has 4 heterocycles. The number of hydrogen-bond donors (Lipinski definition) is 3. The number of rotatable bonds is 5. The number of hydrogen-bond acceptors (Lipinski definition) is 7. The Labute approximate surface area is 204 Å². The Balaban J connectivity index is 1.56. The first-order chi connectivity index (χ1) is 17.2. The first-order valence-electron chi connectivity index (χ1n) is 11.4. The molecule has 186 valence electrons. The molecule has 0 bridgehead atoms. The molecule has 1 amide bonds. The van der Waals surface area contributed by atoms with Gasteiger partial charge in [-0.1, -0.05) is 6.07 Å². The Morgan fingerprint density at radius 2 is 1.92 bits per heavy atom. The zero-order valence-corrected chi connectivity index (χ0v) is 19.8. The number of nitrogens with one attached hydrogen (secondary N) is 1. The Hall–Kier alpha value is -4.29. The van der Waals surface area contributed by atoms with E-state index in [0.29, 0.717) is 22.6 Å². The van der Waals surface area contributed by atoms with Gasteiger partial charge in [0.15, 0.2) is 5.82 Å². The van der Waals surface area contributed by atoms with Gasteiger partial charge in [0.25, 0.3) is 5.56 Å². The van der Waals surface area contributed by atoms with Crippen LogP contribution in [0.1, 0.15) is 27.2 Å². The molecule has 3 aromatic heterocycles. The topological polar surface area (TPSA) is 161 Å². The highest BCUT2D eigenvalue weighted by Gasteiger charge is 2.23. The van der Waals surface area contributed by atoms with Crippen LogP contribution in [0.3, 0.4) is 0 Å². The molecular weight excluding hydrogens is 466 g/mol. The number of benzene rings is 1. The monoisotopic (exact) mass is 491 g/mol. The molecule has 1 aliphatic heterocycles. The third-order valence-electron chi connectivity index (χ3n) is 6.23. The summed E-state index contributed by atoms with van der Waals surface area (Å²) < 4.78 is 7.38. The summed E-state index contributed by atoms with van der Waals surface area (Å²) in [4.78, 5) is 47.1. The molecule has 0 saturated carbocycles. The van der Waals surface area contributed by atoms with Gasteiger partial charge in [0, 0.05) is 31.4 Å². The zero-order chi connectivity index (χ0) is 25.6. The molecule has 1 aromatic carbocycles. The molecule has 0 aliphatic carbocycles. The van der Waals surface area contributed by atoms with Gasteiger partial charge in [-0.25, -0.2) is 14.6 Å². The molecule has 4 aromatic rings. The molecule has 0 atom stereocenters. The van der Waals surface area contributed by atoms with Crippen molar-refractivity contribution in [1.82, 2.24) is 29.2 Å². The van der Waals surface area contributed by atoms with Crippen LogP contribution < -0.4 is 11.3 Å². The third kappa shape index (κ3) is 4.16. The van der Waals surface area contributed by atoms with Gasteiger partial charge < -0.3 is 20.6 Å². The summed E-state index contributed by atoms with van der Waals surface area (Å²) in [7, 11) is 0. The van der Waals surface area contributed by atoms with Crippen molar-refractivity contribution in [1.29, 1.82) is 0 Å². The first-order valence-corrected chi connectivity index (χ1v) is 11.4. The van der Waals surface area contributed by atoms with Crippen LogP contribution in [0.5, 0.6) is 0 Å². The number of morpholine rings is 1. The largest absolute Gasteiger partial charge is 0.477 e. The number of amides is 1. The van der Waals surface area contributed by atoms with E-state index in [1.54, 1.807) is 19.9 Å². The molecule has 0 unspecified atom stereocenters. The second kappa shape index (κ2) is 9.06. The molecule has 4 N–H and O–H groups in total. The summed E-state index contributed by atoms with van der Waals surface area (Å²) in [5.41, 5.74) is 8.00. The van der Waals surface area contributed by atoms with E-state index in [9.17, 15) is 19.5 Å². The number of aromatic nitrogens is 5. The molecule has 1 fully saturated rings. The first kappa shape index (κ1) is 23.5. The van der Waals surface area contributed by atoms with Crippen molar-refractivity contribution in [3.05, 3.63) is 63.1 Å². The van der Waals surface area contributed by atoms with E-state index in [1.807, 2.05) is 18.2 Å². The van der Waals surface area contributed by atoms with Gasteiger partial charge in [-0.3, -0.25) is 14.3 Å². The number of imidazole rings is 1. The van der Waals surface area contributed by atoms with Crippen molar-refractivity contribution in [3.8, 4) is 17.3 Å². The number of carboxylic acid groups (broad SMARTS) is 1. The predicted molar refractivity (Wildman–Crippen MR) is 130 cm³/mol. The second-order valence-electron chi connectivity index (χ2n) is 8.75. The number of carbonyl (C=O) groups is 2. The van der Waals surface area contributed by atoms with E-state index in [-0.39, 0.29) is 11.5 Å². The highest BCUT2D eigenvalue weighted by Crippen LogP contribution is 2.24. The van der Waals surface area contributed by atoms with Crippen LogP contribution >= 0.6 is 0 Å². The molecule has 1 aliphatic rings. The van der Waals surface area contributed by atoms with Crippen LogP contribution in [0.15, 0.2) is 35.1 Å². The number of nitrogens with zero attached hydrogens (tertiary/aromatic N) is 5. The van der Waals surface area contributed by atoms with Crippen molar-refractivity contribution < 1.29 is 19.4 Å². The minimum atomic E-state index is -1.36. The van der Waals surface area contributed by atoms with E-state index in [2.05, 4.69) is 20.0 Å². The number of fused-ring (bicyclic) bond motifs is 1. The van der Waals surface area contributed by atoms with Gasteiger partial charge >= 0.3 is 12.0 Å². The van der Waals surface area contributed by atoms with Crippen LogP contribution in [-0.4, -0.2) is 72.6 Å². The van der Waals surface area contributed by atoms with E-state index < -0.39 is 23.1 Å². The highest BCUT2D eigenvalue weighted by molar-refractivity contribution is 5.89. The van der Waals surface area contributed by atoms with Gasteiger partial charge in [-0.05, 0) is 43.2 Å². The maximum absolute atomic E-state index is 13.1. The number of nitrogens with two attached hydrogens (primary N) is 1. The van der Waals surface area contributed by atoms with Gasteiger partial charge in [0.2, 0.25) is 0 Å². The fourth-order valence-corrected chi connectivity index (χ4v) is 4.54. The van der Waals surface area contributed by atoms with Crippen molar-refractivity contribution >= 4 is 23.0 Å². The van der Waals surface area contributed by atoms with Crippen LogP contribution in [0.25, 0.3) is 28.4 Å². The van der Waals surface area contributed by atoms with Gasteiger partial charge in [-0.15, -0.1) is 0 Å².